The molecule has 20 heavy (non-hydrogen) atoms. The normalized spacial score (nSPS) is 27.0. The molecule has 2 N–H and O–H groups in total. The molecule has 106 valence electrons. The van der Waals surface area contributed by atoms with Crippen LogP contribution in [0.25, 0.3) is 11.0 Å². The number of pyridine rings is 1. The molecule has 2 unspecified atom stereocenters. The molecule has 2 aromatic heterocycles. The van der Waals surface area contributed by atoms with Crippen molar-refractivity contribution >= 4 is 11.0 Å². The maximum absolute atomic E-state index is 4.36. The highest BCUT2D eigenvalue weighted by Gasteiger charge is 2.34. The van der Waals surface area contributed by atoms with Gasteiger partial charge in [-0.05, 0) is 43.5 Å². The summed E-state index contributed by atoms with van der Waals surface area (Å²) in [6, 6.07) is 5.60. The lowest BCUT2D eigenvalue weighted by molar-refractivity contribution is 0.180. The van der Waals surface area contributed by atoms with Gasteiger partial charge in [0.05, 0.1) is 0 Å². The van der Waals surface area contributed by atoms with E-state index in [1.165, 1.54) is 49.7 Å². The van der Waals surface area contributed by atoms with Crippen molar-refractivity contribution in [2.24, 2.45) is 0 Å². The fourth-order valence-corrected chi connectivity index (χ4v) is 3.89. The van der Waals surface area contributed by atoms with Crippen LogP contribution >= 0.6 is 0 Å². The SMILES string of the molecule is c1cnc2[nH]cc(CNC3CCN4CCCCC34)c2c1. The monoisotopic (exact) mass is 270 g/mol. The number of nitrogens with zero attached hydrogens (tertiary/aromatic N) is 2. The van der Waals surface area contributed by atoms with Gasteiger partial charge in [-0.3, -0.25) is 4.90 Å². The number of aromatic amines is 1. The van der Waals surface area contributed by atoms with Crippen LogP contribution in [0.4, 0.5) is 0 Å². The first-order valence-corrected chi connectivity index (χ1v) is 7.80. The first kappa shape index (κ1) is 12.4. The van der Waals surface area contributed by atoms with Gasteiger partial charge < -0.3 is 10.3 Å². The molecule has 0 saturated carbocycles. The highest BCUT2D eigenvalue weighted by Crippen LogP contribution is 2.27. The van der Waals surface area contributed by atoms with E-state index in [2.05, 4.69) is 32.4 Å². The van der Waals surface area contributed by atoms with E-state index in [9.17, 15) is 0 Å². The van der Waals surface area contributed by atoms with Crippen molar-refractivity contribution in [3.05, 3.63) is 30.1 Å². The zero-order valence-electron chi connectivity index (χ0n) is 11.8. The molecule has 2 saturated heterocycles. The summed E-state index contributed by atoms with van der Waals surface area (Å²) in [6.45, 7) is 3.53. The van der Waals surface area contributed by atoms with Crippen LogP contribution in [-0.2, 0) is 6.54 Å². The van der Waals surface area contributed by atoms with Crippen molar-refractivity contribution < 1.29 is 0 Å². The van der Waals surface area contributed by atoms with Gasteiger partial charge in [0.25, 0.3) is 0 Å². The lowest BCUT2D eigenvalue weighted by atomic mass is 9.99. The fraction of sp³-hybridized carbons (Fsp3) is 0.562. The summed E-state index contributed by atoms with van der Waals surface area (Å²) in [7, 11) is 0. The van der Waals surface area contributed by atoms with Crippen molar-refractivity contribution in [1.29, 1.82) is 0 Å². The van der Waals surface area contributed by atoms with E-state index in [1.807, 2.05) is 12.3 Å². The quantitative estimate of drug-likeness (QED) is 0.899. The number of nitrogens with one attached hydrogen (secondary N) is 2. The Morgan fingerprint density at radius 1 is 1.30 bits per heavy atom. The smallest absolute Gasteiger partial charge is 0.137 e. The minimum absolute atomic E-state index is 0.664. The second-order valence-electron chi connectivity index (χ2n) is 6.09. The molecule has 0 aliphatic carbocycles. The van der Waals surface area contributed by atoms with Gasteiger partial charge in [0.2, 0.25) is 0 Å². The lowest BCUT2D eigenvalue weighted by Gasteiger charge is -2.32. The van der Waals surface area contributed by atoms with Crippen LogP contribution in [0.15, 0.2) is 24.5 Å². The third kappa shape index (κ3) is 2.13. The Balaban J connectivity index is 1.45. The summed E-state index contributed by atoms with van der Waals surface area (Å²) in [5, 5.41) is 5.03. The maximum atomic E-state index is 4.36. The first-order chi connectivity index (χ1) is 9.92. The van der Waals surface area contributed by atoms with Gasteiger partial charge in [-0.2, -0.15) is 0 Å². The lowest BCUT2D eigenvalue weighted by Crippen LogP contribution is -2.44. The maximum Gasteiger partial charge on any atom is 0.137 e. The average Bonchev–Trinajstić information content (AvgIpc) is 3.09. The summed E-state index contributed by atoms with van der Waals surface area (Å²) in [4.78, 5) is 10.3. The number of piperidine rings is 1. The van der Waals surface area contributed by atoms with Crippen molar-refractivity contribution in [1.82, 2.24) is 20.2 Å². The number of fused-ring (bicyclic) bond motifs is 2. The summed E-state index contributed by atoms with van der Waals surface area (Å²) in [6.07, 6.45) is 9.39. The van der Waals surface area contributed by atoms with Gasteiger partial charge in [0.1, 0.15) is 5.65 Å². The van der Waals surface area contributed by atoms with E-state index in [0.717, 1.165) is 18.2 Å². The third-order valence-electron chi connectivity index (χ3n) is 4.95. The molecular weight excluding hydrogens is 248 g/mol. The van der Waals surface area contributed by atoms with Gasteiger partial charge in [0.15, 0.2) is 0 Å². The molecule has 2 aliphatic heterocycles. The van der Waals surface area contributed by atoms with Crippen LogP contribution in [-0.4, -0.2) is 40.0 Å². The van der Waals surface area contributed by atoms with Crippen LogP contribution in [0, 0.1) is 0 Å². The Hall–Kier alpha value is -1.39. The molecule has 4 heterocycles. The molecule has 0 radical (unpaired) electrons. The largest absolute Gasteiger partial charge is 0.346 e. The van der Waals surface area contributed by atoms with Gasteiger partial charge in [0, 0.05) is 43.0 Å². The molecule has 0 bridgehead atoms. The summed E-state index contributed by atoms with van der Waals surface area (Å²) in [5.74, 6) is 0. The average molecular weight is 270 g/mol. The van der Waals surface area contributed by atoms with Crippen LogP contribution in [0.3, 0.4) is 0 Å². The van der Waals surface area contributed by atoms with Gasteiger partial charge >= 0.3 is 0 Å². The molecular formula is C16H22N4. The number of aromatic nitrogens is 2. The van der Waals surface area contributed by atoms with Crippen LogP contribution in [0.2, 0.25) is 0 Å². The second kappa shape index (κ2) is 5.19. The van der Waals surface area contributed by atoms with Crippen LogP contribution < -0.4 is 5.32 Å². The molecule has 2 aromatic rings. The molecule has 2 atom stereocenters. The molecule has 0 amide bonds. The minimum Gasteiger partial charge on any atom is -0.346 e. The molecule has 4 rings (SSSR count). The number of hydrogen-bond acceptors (Lipinski definition) is 3. The van der Waals surface area contributed by atoms with Gasteiger partial charge in [-0.15, -0.1) is 0 Å². The zero-order valence-corrected chi connectivity index (χ0v) is 11.8. The van der Waals surface area contributed by atoms with Crippen LogP contribution in [0.1, 0.15) is 31.2 Å². The van der Waals surface area contributed by atoms with Crippen molar-refractivity contribution in [2.45, 2.75) is 44.3 Å². The van der Waals surface area contributed by atoms with Crippen molar-refractivity contribution in [2.75, 3.05) is 13.1 Å². The predicted molar refractivity (Wildman–Crippen MR) is 80.6 cm³/mol. The van der Waals surface area contributed by atoms with E-state index in [0.29, 0.717) is 6.04 Å². The molecule has 0 aromatic carbocycles. The van der Waals surface area contributed by atoms with Crippen molar-refractivity contribution in [3.63, 3.8) is 0 Å². The summed E-state index contributed by atoms with van der Waals surface area (Å²) in [5.41, 5.74) is 2.33. The minimum atomic E-state index is 0.664. The molecule has 4 heteroatoms. The Kier molecular flexibility index (Phi) is 3.20. The Morgan fingerprint density at radius 2 is 2.30 bits per heavy atom. The zero-order chi connectivity index (χ0) is 13.4. The number of hydrogen-bond donors (Lipinski definition) is 2. The standard InChI is InChI=1S/C16H22N4/c1-2-8-20-9-6-14(15(20)5-1)18-10-12-11-19-16-13(12)4-3-7-17-16/h3-4,7,11,14-15,18H,1-2,5-6,8-10H2,(H,17,19). The fourth-order valence-electron chi connectivity index (χ4n) is 3.89. The molecule has 2 fully saturated rings. The predicted octanol–water partition coefficient (Wildman–Crippen LogP) is 2.28. The van der Waals surface area contributed by atoms with E-state index < -0.39 is 0 Å². The van der Waals surface area contributed by atoms with Crippen LogP contribution in [0.5, 0.6) is 0 Å². The molecule has 2 aliphatic rings. The Morgan fingerprint density at radius 3 is 3.30 bits per heavy atom. The highest BCUT2D eigenvalue weighted by atomic mass is 15.2. The van der Waals surface area contributed by atoms with E-state index in [1.54, 1.807) is 0 Å². The summed E-state index contributed by atoms with van der Waals surface area (Å²) >= 11 is 0. The molecule has 4 nitrogen and oxygen atoms in total. The van der Waals surface area contributed by atoms with Gasteiger partial charge in [-0.25, -0.2) is 4.98 Å². The van der Waals surface area contributed by atoms with E-state index in [4.69, 9.17) is 0 Å². The van der Waals surface area contributed by atoms with E-state index >= 15 is 0 Å². The first-order valence-electron chi connectivity index (χ1n) is 7.80. The topological polar surface area (TPSA) is 44.0 Å². The number of rotatable bonds is 3. The Labute approximate surface area is 119 Å². The Bertz CT molecular complexity index is 591. The second-order valence-corrected chi connectivity index (χ2v) is 6.09. The van der Waals surface area contributed by atoms with Gasteiger partial charge in [-0.1, -0.05) is 6.42 Å². The highest BCUT2D eigenvalue weighted by molar-refractivity contribution is 5.79. The molecule has 0 spiro atoms. The third-order valence-corrected chi connectivity index (χ3v) is 4.95. The van der Waals surface area contributed by atoms with E-state index in [-0.39, 0.29) is 0 Å². The number of H-pyrrole nitrogens is 1. The van der Waals surface area contributed by atoms with Crippen molar-refractivity contribution in [3.8, 4) is 0 Å². The summed E-state index contributed by atoms with van der Waals surface area (Å²) < 4.78 is 0.